The fraction of sp³-hybridized carbons (Fsp3) is 0.250. The van der Waals surface area contributed by atoms with Crippen LogP contribution in [0.25, 0.3) is 5.69 Å². The third-order valence-electron chi connectivity index (χ3n) is 4.48. The molecule has 0 aliphatic heterocycles. The highest BCUT2D eigenvalue weighted by molar-refractivity contribution is 7.92. The maximum Gasteiger partial charge on any atom is 0.265 e. The van der Waals surface area contributed by atoms with Gasteiger partial charge in [0.15, 0.2) is 0 Å². The van der Waals surface area contributed by atoms with Crippen LogP contribution in [0.4, 0.5) is 10.1 Å². The van der Waals surface area contributed by atoms with E-state index in [1.807, 2.05) is 32.9 Å². The Labute approximate surface area is 158 Å². The van der Waals surface area contributed by atoms with Gasteiger partial charge >= 0.3 is 0 Å². The molecular weight excluding hydrogens is 365 g/mol. The number of aromatic nitrogens is 2. The predicted molar refractivity (Wildman–Crippen MR) is 104 cm³/mol. The fourth-order valence-corrected chi connectivity index (χ4v) is 4.98. The Morgan fingerprint density at radius 2 is 1.52 bits per heavy atom. The van der Waals surface area contributed by atoms with E-state index in [1.54, 1.807) is 26.0 Å². The molecule has 0 amide bonds. The summed E-state index contributed by atoms with van der Waals surface area (Å²) in [6.07, 6.45) is 0. The van der Waals surface area contributed by atoms with E-state index < -0.39 is 10.0 Å². The van der Waals surface area contributed by atoms with Gasteiger partial charge in [0.05, 0.1) is 22.8 Å². The second-order valence-corrected chi connectivity index (χ2v) is 8.39. The van der Waals surface area contributed by atoms with Crippen molar-refractivity contribution in [2.45, 2.75) is 39.5 Å². The van der Waals surface area contributed by atoms with Crippen LogP contribution in [0.15, 0.2) is 41.3 Å². The molecule has 27 heavy (non-hydrogen) atoms. The normalized spacial score (nSPS) is 11.6. The van der Waals surface area contributed by atoms with Gasteiger partial charge in [-0.2, -0.15) is 5.10 Å². The van der Waals surface area contributed by atoms with Crippen molar-refractivity contribution in [3.63, 3.8) is 0 Å². The summed E-state index contributed by atoms with van der Waals surface area (Å²) in [5, 5.41) is 4.35. The lowest BCUT2D eigenvalue weighted by Gasteiger charge is -2.14. The number of sulfonamides is 1. The van der Waals surface area contributed by atoms with Gasteiger partial charge in [0.2, 0.25) is 0 Å². The van der Waals surface area contributed by atoms with E-state index in [1.165, 1.54) is 16.8 Å². The lowest BCUT2D eigenvalue weighted by atomic mass is 10.1. The summed E-state index contributed by atoms with van der Waals surface area (Å²) in [6, 6.07) is 9.63. The lowest BCUT2D eigenvalue weighted by molar-refractivity contribution is 0.599. The molecule has 3 aromatic rings. The third-order valence-corrected chi connectivity index (χ3v) is 6.08. The molecule has 5 nitrogen and oxygen atoms in total. The maximum absolute atomic E-state index is 13.2. The number of aryl methyl sites for hydroxylation is 4. The number of nitrogens with one attached hydrogen (secondary N) is 1. The first-order chi connectivity index (χ1) is 12.6. The van der Waals surface area contributed by atoms with Crippen molar-refractivity contribution in [1.82, 2.24) is 9.78 Å². The first-order valence-corrected chi connectivity index (χ1v) is 10.0. The molecule has 2 aromatic carbocycles. The lowest BCUT2D eigenvalue weighted by Crippen LogP contribution is -2.16. The molecule has 0 fully saturated rings. The van der Waals surface area contributed by atoms with Crippen LogP contribution >= 0.6 is 0 Å². The zero-order chi connectivity index (χ0) is 19.9. The number of nitrogens with zero attached hydrogens (tertiary/aromatic N) is 2. The first-order valence-electron chi connectivity index (χ1n) is 8.53. The second-order valence-electron chi connectivity index (χ2n) is 6.77. The molecule has 1 N–H and O–H groups in total. The monoisotopic (exact) mass is 387 g/mol. The van der Waals surface area contributed by atoms with Crippen LogP contribution in [0.5, 0.6) is 0 Å². The van der Waals surface area contributed by atoms with Gasteiger partial charge in [-0.25, -0.2) is 17.5 Å². The maximum atomic E-state index is 13.2. The number of halogens is 1. The van der Waals surface area contributed by atoms with E-state index in [2.05, 4.69) is 9.82 Å². The van der Waals surface area contributed by atoms with Gasteiger partial charge in [0, 0.05) is 0 Å². The average Bonchev–Trinajstić information content (AvgIpc) is 2.87. The van der Waals surface area contributed by atoms with Crippen LogP contribution in [0.2, 0.25) is 0 Å². The number of anilines is 1. The Kier molecular flexibility index (Phi) is 4.82. The van der Waals surface area contributed by atoms with E-state index in [0.29, 0.717) is 22.8 Å². The molecule has 7 heteroatoms. The smallest absolute Gasteiger partial charge is 0.265 e. The van der Waals surface area contributed by atoms with Gasteiger partial charge < -0.3 is 0 Å². The van der Waals surface area contributed by atoms with E-state index >= 15 is 0 Å². The molecule has 0 aliphatic carbocycles. The van der Waals surface area contributed by atoms with Gasteiger partial charge in [-0.3, -0.25) is 4.72 Å². The molecule has 0 atom stereocenters. The molecule has 0 saturated heterocycles. The standard InChI is InChI=1S/C20H22FN3O2S/c1-12-10-13(2)19(14(3)11-12)23-27(25,26)20-15(4)22-24(16(20)5)18-8-6-17(21)7-9-18/h6-11,23H,1-5H3. The van der Waals surface area contributed by atoms with Crippen LogP contribution < -0.4 is 4.72 Å². The average molecular weight is 387 g/mol. The van der Waals surface area contributed by atoms with Crippen molar-refractivity contribution in [2.75, 3.05) is 4.72 Å². The van der Waals surface area contributed by atoms with Crippen LogP contribution in [-0.4, -0.2) is 18.2 Å². The van der Waals surface area contributed by atoms with E-state index in [0.717, 1.165) is 16.7 Å². The molecule has 1 heterocycles. The van der Waals surface area contributed by atoms with Crippen molar-refractivity contribution < 1.29 is 12.8 Å². The zero-order valence-electron chi connectivity index (χ0n) is 16.0. The summed E-state index contributed by atoms with van der Waals surface area (Å²) in [5.74, 6) is -0.361. The van der Waals surface area contributed by atoms with E-state index in [4.69, 9.17) is 0 Å². The van der Waals surface area contributed by atoms with Crippen molar-refractivity contribution in [2.24, 2.45) is 0 Å². The highest BCUT2D eigenvalue weighted by Gasteiger charge is 2.26. The molecular formula is C20H22FN3O2S. The Balaban J connectivity index is 2.07. The number of hydrogen-bond acceptors (Lipinski definition) is 3. The summed E-state index contributed by atoms with van der Waals surface area (Å²) in [5.41, 5.74) is 4.81. The molecule has 0 bridgehead atoms. The summed E-state index contributed by atoms with van der Waals surface area (Å²) < 4.78 is 43.6. The topological polar surface area (TPSA) is 64.0 Å². The Hall–Kier alpha value is -2.67. The minimum atomic E-state index is -3.84. The fourth-order valence-electron chi connectivity index (χ4n) is 3.38. The molecule has 142 valence electrons. The summed E-state index contributed by atoms with van der Waals surface area (Å²) in [4.78, 5) is 0.131. The van der Waals surface area contributed by atoms with Crippen LogP contribution in [-0.2, 0) is 10.0 Å². The van der Waals surface area contributed by atoms with Gasteiger partial charge in [-0.1, -0.05) is 17.7 Å². The predicted octanol–water partition coefficient (Wildman–Crippen LogP) is 4.35. The number of benzene rings is 2. The van der Waals surface area contributed by atoms with Crippen molar-refractivity contribution in [1.29, 1.82) is 0 Å². The zero-order valence-corrected chi connectivity index (χ0v) is 16.8. The van der Waals surface area contributed by atoms with Crippen molar-refractivity contribution in [3.05, 3.63) is 70.3 Å². The Morgan fingerprint density at radius 3 is 2.07 bits per heavy atom. The van der Waals surface area contributed by atoms with Crippen molar-refractivity contribution in [3.8, 4) is 5.69 Å². The van der Waals surface area contributed by atoms with Gasteiger partial charge in [-0.15, -0.1) is 0 Å². The molecule has 0 unspecified atom stereocenters. The molecule has 0 saturated carbocycles. The molecule has 0 radical (unpaired) electrons. The quantitative estimate of drug-likeness (QED) is 0.724. The van der Waals surface area contributed by atoms with Crippen LogP contribution in [0, 0.1) is 40.4 Å². The molecule has 3 rings (SSSR count). The largest absolute Gasteiger partial charge is 0.279 e. The van der Waals surface area contributed by atoms with Crippen molar-refractivity contribution >= 4 is 15.7 Å². The van der Waals surface area contributed by atoms with Crippen LogP contribution in [0.1, 0.15) is 28.1 Å². The third kappa shape index (κ3) is 3.60. The van der Waals surface area contributed by atoms with Gasteiger partial charge in [0.25, 0.3) is 10.0 Å². The minimum absolute atomic E-state index is 0.131. The highest BCUT2D eigenvalue weighted by atomic mass is 32.2. The van der Waals surface area contributed by atoms with Crippen LogP contribution in [0.3, 0.4) is 0 Å². The summed E-state index contributed by atoms with van der Waals surface area (Å²) in [7, 11) is -3.84. The second kappa shape index (κ2) is 6.81. The van der Waals surface area contributed by atoms with E-state index in [9.17, 15) is 12.8 Å². The number of hydrogen-bond donors (Lipinski definition) is 1. The minimum Gasteiger partial charge on any atom is -0.279 e. The SMILES string of the molecule is Cc1cc(C)c(NS(=O)(=O)c2c(C)nn(-c3ccc(F)cc3)c2C)c(C)c1. The Bertz CT molecular complexity index is 1090. The van der Waals surface area contributed by atoms with Gasteiger partial charge in [0.1, 0.15) is 10.7 Å². The highest BCUT2D eigenvalue weighted by Crippen LogP contribution is 2.28. The van der Waals surface area contributed by atoms with E-state index in [-0.39, 0.29) is 10.7 Å². The summed E-state index contributed by atoms with van der Waals surface area (Å²) >= 11 is 0. The Morgan fingerprint density at radius 1 is 0.963 bits per heavy atom. The summed E-state index contributed by atoms with van der Waals surface area (Å²) in [6.45, 7) is 9.06. The first kappa shape index (κ1) is 19.1. The molecule has 0 aliphatic rings. The molecule has 1 aromatic heterocycles. The number of rotatable bonds is 4. The molecule has 0 spiro atoms. The van der Waals surface area contributed by atoms with Gasteiger partial charge in [-0.05, 0) is 70.0 Å².